The normalized spacial score (nSPS) is 10.2. The highest BCUT2D eigenvalue weighted by atomic mass is 16.5. The molecule has 0 fully saturated rings. The summed E-state index contributed by atoms with van der Waals surface area (Å²) in [5.41, 5.74) is 0.455. The Balaban J connectivity index is 0. The number of hydrogen-bond donors (Lipinski definition) is 1. The van der Waals surface area contributed by atoms with Gasteiger partial charge < -0.3 is 15.4 Å². The van der Waals surface area contributed by atoms with Crippen LogP contribution in [0.15, 0.2) is 12.2 Å². The van der Waals surface area contributed by atoms with E-state index in [1.165, 1.54) is 0 Å². The van der Waals surface area contributed by atoms with E-state index in [1.54, 1.807) is 6.92 Å². The highest BCUT2D eigenvalue weighted by molar-refractivity contribution is 5.86. The largest absolute Gasteiger partial charge is 0.456 e. The van der Waals surface area contributed by atoms with Crippen molar-refractivity contribution in [1.29, 1.82) is 0 Å². The Hall–Kier alpha value is -0.870. The van der Waals surface area contributed by atoms with Crippen LogP contribution in [-0.4, -0.2) is 44.7 Å². The molecule has 0 aromatic carbocycles. The first-order valence-electron chi connectivity index (χ1n) is 3.96. The van der Waals surface area contributed by atoms with Gasteiger partial charge in [0.05, 0.1) is 21.1 Å². The fraction of sp³-hybridized carbons (Fsp3) is 0.667. The lowest BCUT2D eigenvalue weighted by Gasteiger charge is -2.23. The Kier molecular flexibility index (Phi) is 6.44. The summed E-state index contributed by atoms with van der Waals surface area (Å²) in [6, 6.07) is 0. The third-order valence-corrected chi connectivity index (χ3v) is 1.34. The first kappa shape index (κ1) is 14.6. The molecule has 0 aliphatic carbocycles. The van der Waals surface area contributed by atoms with Crippen molar-refractivity contribution in [2.45, 2.75) is 6.92 Å². The van der Waals surface area contributed by atoms with E-state index in [9.17, 15) is 4.79 Å². The number of rotatable bonds is 4. The predicted octanol–water partition coefficient (Wildman–Crippen LogP) is 0.974. The molecule has 0 rings (SSSR count). The smallest absolute Gasteiger partial charge is 0.333 e. The molecular weight excluding hydrogens is 168 g/mol. The SMILES string of the molecule is C=C(C)C(=O)OCC[N+](C)(C)C.N. The van der Waals surface area contributed by atoms with Gasteiger partial charge in [-0.2, -0.15) is 0 Å². The lowest BCUT2D eigenvalue weighted by atomic mass is 10.4. The molecule has 78 valence electrons. The van der Waals surface area contributed by atoms with E-state index in [0.29, 0.717) is 12.2 Å². The third kappa shape index (κ3) is 9.04. The number of carbonyl (C=O) groups is 1. The van der Waals surface area contributed by atoms with Crippen molar-refractivity contribution >= 4 is 5.97 Å². The van der Waals surface area contributed by atoms with Gasteiger partial charge in [0.1, 0.15) is 13.2 Å². The van der Waals surface area contributed by atoms with E-state index in [-0.39, 0.29) is 12.1 Å². The highest BCUT2D eigenvalue weighted by Crippen LogP contribution is 1.94. The van der Waals surface area contributed by atoms with Crippen LogP contribution in [0.2, 0.25) is 0 Å². The van der Waals surface area contributed by atoms with E-state index < -0.39 is 0 Å². The maximum Gasteiger partial charge on any atom is 0.333 e. The number of nitrogens with zero attached hydrogens (tertiary/aromatic N) is 1. The van der Waals surface area contributed by atoms with E-state index in [4.69, 9.17) is 4.74 Å². The minimum atomic E-state index is -0.302. The van der Waals surface area contributed by atoms with Gasteiger partial charge in [-0.25, -0.2) is 4.79 Å². The summed E-state index contributed by atoms with van der Waals surface area (Å²) in [7, 11) is 6.15. The molecule has 0 heterocycles. The second kappa shape index (κ2) is 5.72. The predicted molar refractivity (Wildman–Crippen MR) is 53.7 cm³/mol. The Morgan fingerprint density at radius 1 is 1.38 bits per heavy atom. The molecule has 0 saturated carbocycles. The van der Waals surface area contributed by atoms with Gasteiger partial charge in [0.2, 0.25) is 0 Å². The van der Waals surface area contributed by atoms with Crippen molar-refractivity contribution < 1.29 is 14.0 Å². The van der Waals surface area contributed by atoms with Gasteiger partial charge in [0.15, 0.2) is 0 Å². The lowest BCUT2D eigenvalue weighted by Crippen LogP contribution is -2.38. The molecule has 13 heavy (non-hydrogen) atoms. The van der Waals surface area contributed by atoms with Gasteiger partial charge in [0, 0.05) is 5.57 Å². The molecule has 0 aromatic rings. The average Bonchev–Trinajstić information content (AvgIpc) is 1.84. The molecule has 0 atom stereocenters. The van der Waals surface area contributed by atoms with Crippen molar-refractivity contribution in [2.24, 2.45) is 0 Å². The minimum absolute atomic E-state index is 0. The van der Waals surface area contributed by atoms with Crippen molar-refractivity contribution in [3.8, 4) is 0 Å². The summed E-state index contributed by atoms with van der Waals surface area (Å²) < 4.78 is 5.72. The van der Waals surface area contributed by atoms with Crippen LogP contribution >= 0.6 is 0 Å². The van der Waals surface area contributed by atoms with Crippen LogP contribution < -0.4 is 6.15 Å². The number of likely N-dealkylation sites (N-methyl/N-ethyl adjacent to an activating group) is 1. The van der Waals surface area contributed by atoms with Crippen molar-refractivity contribution in [2.75, 3.05) is 34.3 Å². The van der Waals surface area contributed by atoms with Gasteiger partial charge in [-0.3, -0.25) is 0 Å². The van der Waals surface area contributed by atoms with E-state index >= 15 is 0 Å². The fourth-order valence-corrected chi connectivity index (χ4v) is 0.535. The summed E-state index contributed by atoms with van der Waals surface area (Å²) >= 11 is 0. The number of esters is 1. The van der Waals surface area contributed by atoms with Gasteiger partial charge in [0.25, 0.3) is 0 Å². The molecule has 4 nitrogen and oxygen atoms in total. The zero-order valence-electron chi connectivity index (χ0n) is 9.09. The number of hydrogen-bond acceptors (Lipinski definition) is 3. The Morgan fingerprint density at radius 3 is 2.15 bits per heavy atom. The Morgan fingerprint density at radius 2 is 1.85 bits per heavy atom. The maximum absolute atomic E-state index is 10.9. The number of carbonyl (C=O) groups excluding carboxylic acids is 1. The molecule has 0 radical (unpaired) electrons. The third-order valence-electron chi connectivity index (χ3n) is 1.34. The van der Waals surface area contributed by atoms with Gasteiger partial charge in [-0.15, -0.1) is 0 Å². The molecule has 0 amide bonds. The molecule has 0 aromatic heterocycles. The van der Waals surface area contributed by atoms with Crippen LogP contribution in [-0.2, 0) is 9.53 Å². The quantitative estimate of drug-likeness (QED) is 0.407. The monoisotopic (exact) mass is 189 g/mol. The number of ether oxygens (including phenoxy) is 1. The molecule has 0 unspecified atom stereocenters. The van der Waals surface area contributed by atoms with Crippen molar-refractivity contribution in [3.63, 3.8) is 0 Å². The van der Waals surface area contributed by atoms with E-state index in [0.717, 1.165) is 11.0 Å². The molecule has 0 spiro atoms. The standard InChI is InChI=1S/C9H18NO2.H3N/c1-8(2)9(11)12-7-6-10(3,4)5;/h1,6-7H2,2-5H3;1H3/q+1;. The second-order valence-corrected chi connectivity index (χ2v) is 3.93. The summed E-state index contributed by atoms with van der Waals surface area (Å²) in [4.78, 5) is 10.9. The molecule has 0 bridgehead atoms. The molecule has 4 heteroatoms. The van der Waals surface area contributed by atoms with E-state index in [1.807, 2.05) is 0 Å². The van der Waals surface area contributed by atoms with Crippen LogP contribution in [0.25, 0.3) is 0 Å². The zero-order chi connectivity index (χ0) is 9.78. The van der Waals surface area contributed by atoms with Crippen LogP contribution in [0.3, 0.4) is 0 Å². The summed E-state index contributed by atoms with van der Waals surface area (Å²) in [5.74, 6) is -0.302. The Bertz CT molecular complexity index is 183. The molecule has 0 aliphatic rings. The van der Waals surface area contributed by atoms with Crippen LogP contribution in [0.1, 0.15) is 6.92 Å². The van der Waals surface area contributed by atoms with E-state index in [2.05, 4.69) is 27.7 Å². The van der Waals surface area contributed by atoms with Crippen LogP contribution in [0.5, 0.6) is 0 Å². The van der Waals surface area contributed by atoms with Crippen LogP contribution in [0, 0.1) is 0 Å². The Labute approximate surface area is 80.3 Å². The average molecular weight is 189 g/mol. The highest BCUT2D eigenvalue weighted by Gasteiger charge is 2.09. The topological polar surface area (TPSA) is 61.3 Å². The van der Waals surface area contributed by atoms with Gasteiger partial charge >= 0.3 is 5.97 Å². The van der Waals surface area contributed by atoms with Crippen LogP contribution in [0.4, 0.5) is 0 Å². The summed E-state index contributed by atoms with van der Waals surface area (Å²) in [6.07, 6.45) is 0. The second-order valence-electron chi connectivity index (χ2n) is 3.93. The van der Waals surface area contributed by atoms with Gasteiger partial charge in [-0.05, 0) is 6.92 Å². The fourth-order valence-electron chi connectivity index (χ4n) is 0.535. The molecule has 3 N–H and O–H groups in total. The maximum atomic E-state index is 10.9. The molecular formula is C9H21N2O2+. The van der Waals surface area contributed by atoms with Crippen molar-refractivity contribution in [1.82, 2.24) is 6.15 Å². The molecule has 0 saturated heterocycles. The first-order valence-corrected chi connectivity index (χ1v) is 3.96. The zero-order valence-corrected chi connectivity index (χ0v) is 9.09. The van der Waals surface area contributed by atoms with Gasteiger partial charge in [-0.1, -0.05) is 6.58 Å². The lowest BCUT2D eigenvalue weighted by molar-refractivity contribution is -0.870. The summed E-state index contributed by atoms with van der Waals surface area (Å²) in [5, 5.41) is 0. The summed E-state index contributed by atoms with van der Waals surface area (Å²) in [6.45, 7) is 6.41. The van der Waals surface area contributed by atoms with Crippen molar-refractivity contribution in [3.05, 3.63) is 12.2 Å². The number of quaternary nitrogens is 1. The minimum Gasteiger partial charge on any atom is -0.456 e. The molecule has 0 aliphatic heterocycles. The first-order chi connectivity index (χ1) is 5.33.